The van der Waals surface area contributed by atoms with Gasteiger partial charge in [-0.05, 0) is 20.8 Å². The Labute approximate surface area is 114 Å². The fraction of sp³-hybridized carbons (Fsp3) is 0.615. The van der Waals surface area contributed by atoms with Crippen LogP contribution in [0.25, 0.3) is 0 Å². The fourth-order valence-electron chi connectivity index (χ4n) is 1.37. The first kappa shape index (κ1) is 15.2. The van der Waals surface area contributed by atoms with E-state index in [4.69, 9.17) is 0 Å². The lowest BCUT2D eigenvalue weighted by molar-refractivity contribution is -0.140. The molecule has 0 atom stereocenters. The van der Waals surface area contributed by atoms with E-state index >= 15 is 0 Å². The van der Waals surface area contributed by atoms with Crippen LogP contribution in [0.15, 0.2) is 12.4 Å². The second-order valence-electron chi connectivity index (χ2n) is 5.24. The monoisotopic (exact) mass is 266 g/mol. The first-order valence-electron chi connectivity index (χ1n) is 6.21. The second kappa shape index (κ2) is 6.36. The highest BCUT2D eigenvalue weighted by Crippen LogP contribution is 2.20. The summed E-state index contributed by atoms with van der Waals surface area (Å²) in [6, 6.07) is 1.86. The Morgan fingerprint density at radius 1 is 1.42 bits per heavy atom. The number of hydrogen-bond donors (Lipinski definition) is 1. The van der Waals surface area contributed by atoms with Crippen LogP contribution in [0, 0.1) is 0 Å². The maximum Gasteiger partial charge on any atom is 0.307 e. The van der Waals surface area contributed by atoms with Gasteiger partial charge in [0.05, 0.1) is 13.5 Å². The van der Waals surface area contributed by atoms with Crippen molar-refractivity contribution in [2.24, 2.45) is 0 Å². The van der Waals surface area contributed by atoms with E-state index in [-0.39, 0.29) is 11.5 Å². The number of anilines is 2. The normalized spacial score (nSPS) is 11.0. The summed E-state index contributed by atoms with van der Waals surface area (Å²) in [6.07, 6.45) is 1.82. The van der Waals surface area contributed by atoms with Crippen LogP contribution in [0.1, 0.15) is 27.2 Å². The minimum atomic E-state index is -0.242. The Hall–Kier alpha value is -1.85. The molecule has 0 unspecified atom stereocenters. The number of nitrogens with zero attached hydrogens (tertiary/aromatic N) is 3. The molecule has 0 radical (unpaired) electrons. The van der Waals surface area contributed by atoms with Crippen LogP contribution in [0.5, 0.6) is 0 Å². The van der Waals surface area contributed by atoms with Gasteiger partial charge in [0.2, 0.25) is 0 Å². The minimum Gasteiger partial charge on any atom is -0.469 e. The van der Waals surface area contributed by atoms with Crippen molar-refractivity contribution in [2.75, 3.05) is 30.9 Å². The topological polar surface area (TPSA) is 67.3 Å². The quantitative estimate of drug-likeness (QED) is 0.818. The zero-order valence-corrected chi connectivity index (χ0v) is 12.2. The largest absolute Gasteiger partial charge is 0.469 e. The van der Waals surface area contributed by atoms with Crippen molar-refractivity contribution < 1.29 is 9.53 Å². The summed E-state index contributed by atoms with van der Waals surface area (Å²) in [7, 11) is 3.37. The predicted molar refractivity (Wildman–Crippen MR) is 75.3 cm³/mol. The molecule has 0 aliphatic rings. The number of hydrogen-bond acceptors (Lipinski definition) is 6. The van der Waals surface area contributed by atoms with Crippen LogP contribution < -0.4 is 10.2 Å². The first-order valence-corrected chi connectivity index (χ1v) is 6.21. The third-order valence-corrected chi connectivity index (χ3v) is 2.87. The maximum absolute atomic E-state index is 11.0. The summed E-state index contributed by atoms with van der Waals surface area (Å²) >= 11 is 0. The molecule has 0 bridgehead atoms. The molecule has 1 heterocycles. The zero-order chi connectivity index (χ0) is 14.5. The number of nitrogens with one attached hydrogen (secondary N) is 1. The van der Waals surface area contributed by atoms with E-state index in [0.717, 1.165) is 5.82 Å². The van der Waals surface area contributed by atoms with E-state index in [1.165, 1.54) is 13.4 Å². The molecule has 0 aliphatic heterocycles. The third-order valence-electron chi connectivity index (χ3n) is 2.87. The predicted octanol–water partition coefficient (Wildman–Crippen LogP) is 1.69. The van der Waals surface area contributed by atoms with Gasteiger partial charge in [-0.25, -0.2) is 9.97 Å². The van der Waals surface area contributed by atoms with Gasteiger partial charge >= 0.3 is 5.97 Å². The van der Waals surface area contributed by atoms with Crippen molar-refractivity contribution in [1.29, 1.82) is 0 Å². The smallest absolute Gasteiger partial charge is 0.307 e. The Bertz CT molecular complexity index is 429. The van der Waals surface area contributed by atoms with Gasteiger partial charge in [-0.3, -0.25) is 4.79 Å². The third kappa shape index (κ3) is 4.73. The van der Waals surface area contributed by atoms with Gasteiger partial charge in [0.25, 0.3) is 0 Å². The van der Waals surface area contributed by atoms with Crippen LogP contribution in [0.2, 0.25) is 0 Å². The summed E-state index contributed by atoms with van der Waals surface area (Å²) in [6.45, 7) is 6.82. The highest BCUT2D eigenvalue weighted by atomic mass is 16.5. The second-order valence-corrected chi connectivity index (χ2v) is 5.24. The number of aromatic nitrogens is 2. The first-order chi connectivity index (χ1) is 8.84. The molecule has 1 aromatic heterocycles. The summed E-state index contributed by atoms with van der Waals surface area (Å²) in [5.41, 5.74) is -0.0162. The fourth-order valence-corrected chi connectivity index (χ4v) is 1.37. The van der Waals surface area contributed by atoms with Crippen LogP contribution in [0.3, 0.4) is 0 Å². The molecule has 6 heteroatoms. The number of carbonyl (C=O) groups excluding carboxylic acids is 1. The van der Waals surface area contributed by atoms with Crippen molar-refractivity contribution >= 4 is 17.6 Å². The van der Waals surface area contributed by atoms with Crippen molar-refractivity contribution in [1.82, 2.24) is 9.97 Å². The summed E-state index contributed by atoms with van der Waals surface area (Å²) < 4.78 is 4.57. The van der Waals surface area contributed by atoms with Gasteiger partial charge in [-0.15, -0.1) is 0 Å². The van der Waals surface area contributed by atoms with E-state index in [1.54, 1.807) is 0 Å². The van der Waals surface area contributed by atoms with E-state index in [2.05, 4.69) is 45.7 Å². The molecule has 0 spiro atoms. The van der Waals surface area contributed by atoms with Gasteiger partial charge in [0.1, 0.15) is 18.0 Å². The van der Waals surface area contributed by atoms with E-state index in [9.17, 15) is 4.79 Å². The van der Waals surface area contributed by atoms with E-state index in [1.807, 2.05) is 13.1 Å². The lowest BCUT2D eigenvalue weighted by Crippen LogP contribution is -2.38. The molecule has 19 heavy (non-hydrogen) atoms. The van der Waals surface area contributed by atoms with Gasteiger partial charge in [-0.1, -0.05) is 0 Å². The maximum atomic E-state index is 11.0. The molecule has 0 saturated carbocycles. The van der Waals surface area contributed by atoms with E-state index < -0.39 is 0 Å². The molecule has 0 fully saturated rings. The molecular formula is C13H22N4O2. The summed E-state index contributed by atoms with van der Waals surface area (Å²) in [5.74, 6) is 1.29. The lowest BCUT2D eigenvalue weighted by Gasteiger charge is -2.33. The SMILES string of the molecule is COC(=O)CCNc1cc(N(C)C(C)(C)C)ncn1. The van der Waals surface area contributed by atoms with Crippen molar-refractivity contribution in [3.05, 3.63) is 12.4 Å². The summed E-state index contributed by atoms with van der Waals surface area (Å²) in [4.78, 5) is 21.4. The molecule has 0 saturated heterocycles. The van der Waals surface area contributed by atoms with Crippen LogP contribution in [-0.4, -0.2) is 42.2 Å². The van der Waals surface area contributed by atoms with E-state index in [0.29, 0.717) is 18.8 Å². The van der Waals surface area contributed by atoms with Crippen molar-refractivity contribution in [3.8, 4) is 0 Å². The van der Waals surface area contributed by atoms with Gasteiger partial charge in [-0.2, -0.15) is 0 Å². The van der Waals surface area contributed by atoms with Crippen LogP contribution >= 0.6 is 0 Å². The Kier molecular flexibility index (Phi) is 5.09. The molecule has 0 amide bonds. The van der Waals surface area contributed by atoms with Crippen LogP contribution in [-0.2, 0) is 9.53 Å². The number of ether oxygens (including phenoxy) is 1. The number of esters is 1. The molecular weight excluding hydrogens is 244 g/mol. The number of rotatable bonds is 5. The molecule has 0 aliphatic carbocycles. The lowest BCUT2D eigenvalue weighted by atomic mass is 10.1. The number of carbonyl (C=O) groups is 1. The molecule has 1 aromatic rings. The summed E-state index contributed by atoms with van der Waals surface area (Å²) in [5, 5.41) is 3.08. The van der Waals surface area contributed by atoms with Gasteiger partial charge in [0, 0.05) is 25.2 Å². The zero-order valence-electron chi connectivity index (χ0n) is 12.2. The van der Waals surface area contributed by atoms with Gasteiger partial charge < -0.3 is 15.0 Å². The van der Waals surface area contributed by atoms with Crippen molar-refractivity contribution in [3.63, 3.8) is 0 Å². The Morgan fingerprint density at radius 2 is 2.11 bits per heavy atom. The Balaban J connectivity index is 2.65. The van der Waals surface area contributed by atoms with Gasteiger partial charge in [0.15, 0.2) is 0 Å². The number of methoxy groups -OCH3 is 1. The molecule has 0 aromatic carbocycles. The highest BCUT2D eigenvalue weighted by Gasteiger charge is 2.18. The molecule has 106 valence electrons. The average Bonchev–Trinajstić information content (AvgIpc) is 2.37. The standard InChI is InChI=1S/C13H22N4O2/c1-13(2,3)17(4)11-8-10(15-9-16-11)14-7-6-12(18)19-5/h8-9H,6-7H2,1-5H3,(H,14,15,16). The van der Waals surface area contributed by atoms with Crippen molar-refractivity contribution in [2.45, 2.75) is 32.7 Å². The highest BCUT2D eigenvalue weighted by molar-refractivity contribution is 5.69. The molecule has 1 rings (SSSR count). The molecule has 6 nitrogen and oxygen atoms in total. The van der Waals surface area contributed by atoms with Crippen LogP contribution in [0.4, 0.5) is 11.6 Å². The minimum absolute atomic E-state index is 0.0162. The Morgan fingerprint density at radius 3 is 2.68 bits per heavy atom. The average molecular weight is 266 g/mol. The molecule has 1 N–H and O–H groups in total.